The lowest BCUT2D eigenvalue weighted by Gasteiger charge is -2.38. The summed E-state index contributed by atoms with van der Waals surface area (Å²) < 4.78 is 41.9. The zero-order chi connectivity index (χ0) is 28.2. The number of carbonyl (C=O) groups excluding carboxylic acids is 1. The first-order valence-electron chi connectivity index (χ1n) is 12.3. The lowest BCUT2D eigenvalue weighted by atomic mass is 9.70. The summed E-state index contributed by atoms with van der Waals surface area (Å²) >= 11 is 7.95. The maximum Gasteiger partial charge on any atom is 0.416 e. The number of fused-ring (bicyclic) bond motifs is 1. The normalized spacial score (nSPS) is 18.5. The highest BCUT2D eigenvalue weighted by Crippen LogP contribution is 2.52. The summed E-state index contributed by atoms with van der Waals surface area (Å²) in [6.45, 7) is 11.4. The van der Waals surface area contributed by atoms with Gasteiger partial charge in [-0.3, -0.25) is 4.79 Å². The summed E-state index contributed by atoms with van der Waals surface area (Å²) in [6.07, 6.45) is -3.59. The van der Waals surface area contributed by atoms with E-state index in [-0.39, 0.29) is 33.9 Å². The summed E-state index contributed by atoms with van der Waals surface area (Å²) in [5.74, 6) is 0.320. The molecule has 1 aliphatic carbocycles. The number of benzene rings is 1. The van der Waals surface area contributed by atoms with Gasteiger partial charge in [-0.1, -0.05) is 25.4 Å². The van der Waals surface area contributed by atoms with Crippen LogP contribution in [0.15, 0.2) is 40.9 Å². The zero-order valence-electron chi connectivity index (χ0n) is 22.1. The summed E-state index contributed by atoms with van der Waals surface area (Å²) in [4.78, 5) is 14.4. The lowest BCUT2D eigenvalue weighted by molar-refractivity contribution is -0.137. The summed E-state index contributed by atoms with van der Waals surface area (Å²) in [5, 5.41) is 18.2. The molecule has 1 unspecified atom stereocenters. The second-order valence-electron chi connectivity index (χ2n) is 10.9. The molecular weight excluding hydrogens is 535 g/mol. The van der Waals surface area contributed by atoms with Crippen molar-refractivity contribution in [1.29, 1.82) is 0 Å². The second-order valence-corrected chi connectivity index (χ2v) is 12.2. The molecule has 0 bridgehead atoms. The Morgan fingerprint density at radius 2 is 1.87 bits per heavy atom. The van der Waals surface area contributed by atoms with Crippen LogP contribution in [0.3, 0.4) is 0 Å². The molecule has 0 spiro atoms. The quantitative estimate of drug-likeness (QED) is 0.332. The first-order chi connectivity index (χ1) is 17.6. The molecular formula is C28H31ClF3N3O2S. The number of Topliss-reactive ketones (excluding diaryl/α,β-unsaturated/α-hetero) is 1. The number of allylic oxidation sites excluding steroid dienone is 2. The van der Waals surface area contributed by atoms with Crippen molar-refractivity contribution in [2.45, 2.75) is 72.6 Å². The van der Waals surface area contributed by atoms with Crippen LogP contribution < -0.4 is 5.32 Å². The molecule has 0 radical (unpaired) electrons. The van der Waals surface area contributed by atoms with Gasteiger partial charge in [0.2, 0.25) is 0 Å². The minimum Gasteiger partial charge on any atom is -0.394 e. The third-order valence-electron chi connectivity index (χ3n) is 6.54. The molecule has 0 saturated heterocycles. The lowest BCUT2D eigenvalue weighted by Crippen LogP contribution is -2.34. The van der Waals surface area contributed by atoms with Crippen molar-refractivity contribution in [2.24, 2.45) is 5.41 Å². The minimum atomic E-state index is -4.51. The molecule has 3 aromatic rings. The fourth-order valence-electron chi connectivity index (χ4n) is 5.04. The first kappa shape index (κ1) is 28.4. The number of halogens is 4. The third kappa shape index (κ3) is 5.42. The molecule has 2 aliphatic rings. The highest BCUT2D eigenvalue weighted by atomic mass is 35.5. The molecule has 5 rings (SSSR count). The number of aliphatic hydroxyl groups excluding tert-OH is 1. The maximum absolute atomic E-state index is 13.5. The zero-order valence-corrected chi connectivity index (χ0v) is 23.7. The van der Waals surface area contributed by atoms with Crippen molar-refractivity contribution in [1.82, 2.24) is 9.78 Å². The second kappa shape index (κ2) is 10.2. The van der Waals surface area contributed by atoms with Crippen molar-refractivity contribution in [2.75, 3.05) is 5.32 Å². The van der Waals surface area contributed by atoms with E-state index in [1.165, 1.54) is 10.7 Å². The smallest absolute Gasteiger partial charge is 0.394 e. The number of rotatable bonds is 2. The predicted octanol–water partition coefficient (Wildman–Crippen LogP) is 7.81. The highest BCUT2D eigenvalue weighted by Gasteiger charge is 2.44. The van der Waals surface area contributed by atoms with Crippen LogP contribution in [0.5, 0.6) is 0 Å². The van der Waals surface area contributed by atoms with Gasteiger partial charge in [-0.25, -0.2) is 4.68 Å². The topological polar surface area (TPSA) is 67.2 Å². The standard InChI is InChI=1S/C25H23ClF3N3OS.C3H8O/c1-12-7-8-34-22(12)21-19-13(2)31-32(17-9-14(25(27,28)29)5-6-15(17)26)23(19)30-16-10-24(3,4)11-18(33)20(16)21;1-3(2)4/h5-9,21,30H,10-11H2,1-4H3;3-4H,1-2H3. The molecule has 2 aromatic heterocycles. The largest absolute Gasteiger partial charge is 0.416 e. The average Bonchev–Trinajstić information content (AvgIpc) is 3.33. The van der Waals surface area contributed by atoms with Gasteiger partial charge in [-0.15, -0.1) is 11.3 Å². The van der Waals surface area contributed by atoms with Crippen molar-refractivity contribution in [3.05, 3.63) is 73.2 Å². The number of nitrogens with zero attached hydrogens (tertiary/aromatic N) is 2. The van der Waals surface area contributed by atoms with E-state index in [0.29, 0.717) is 24.4 Å². The molecule has 1 atom stereocenters. The summed E-state index contributed by atoms with van der Waals surface area (Å²) in [5.41, 5.74) is 3.14. The third-order valence-corrected chi connectivity index (χ3v) is 7.94. The van der Waals surface area contributed by atoms with E-state index >= 15 is 0 Å². The number of aromatic nitrogens is 2. The van der Waals surface area contributed by atoms with Gasteiger partial charge in [0.05, 0.1) is 27.9 Å². The van der Waals surface area contributed by atoms with Gasteiger partial charge < -0.3 is 10.4 Å². The van der Waals surface area contributed by atoms with E-state index in [4.69, 9.17) is 16.7 Å². The van der Waals surface area contributed by atoms with E-state index in [9.17, 15) is 18.0 Å². The number of aliphatic hydroxyl groups is 1. The molecule has 1 aliphatic heterocycles. The SMILES string of the molecule is CC(C)O.Cc1ccsc1C1C2=C(CC(C)(C)CC2=O)Nc2c1c(C)nn2-c1cc(C(F)(F)F)ccc1Cl. The molecule has 0 fully saturated rings. The van der Waals surface area contributed by atoms with E-state index in [0.717, 1.165) is 39.4 Å². The molecule has 38 heavy (non-hydrogen) atoms. The van der Waals surface area contributed by atoms with Crippen LogP contribution in [-0.2, 0) is 11.0 Å². The van der Waals surface area contributed by atoms with E-state index in [1.54, 1.807) is 25.2 Å². The van der Waals surface area contributed by atoms with Crippen LogP contribution in [0.25, 0.3) is 5.69 Å². The number of anilines is 1. The van der Waals surface area contributed by atoms with Crippen molar-refractivity contribution < 1.29 is 23.1 Å². The number of hydrogen-bond donors (Lipinski definition) is 2. The number of alkyl halides is 3. The number of ketones is 1. The molecule has 5 nitrogen and oxygen atoms in total. The highest BCUT2D eigenvalue weighted by molar-refractivity contribution is 7.10. The first-order valence-corrected chi connectivity index (χ1v) is 13.6. The number of hydrogen-bond acceptors (Lipinski definition) is 5. The predicted molar refractivity (Wildman–Crippen MR) is 145 cm³/mol. The fourth-order valence-corrected chi connectivity index (χ4v) is 6.28. The van der Waals surface area contributed by atoms with Crippen molar-refractivity contribution in [3.8, 4) is 5.69 Å². The average molecular weight is 566 g/mol. The Hall–Kier alpha value is -2.62. The van der Waals surface area contributed by atoms with Crippen LogP contribution in [0.4, 0.5) is 19.0 Å². The summed E-state index contributed by atoms with van der Waals surface area (Å²) in [6, 6.07) is 5.23. The van der Waals surface area contributed by atoms with Gasteiger partial charge in [0.15, 0.2) is 5.78 Å². The Morgan fingerprint density at radius 3 is 2.45 bits per heavy atom. The van der Waals surface area contributed by atoms with Crippen LogP contribution in [0, 0.1) is 19.3 Å². The van der Waals surface area contributed by atoms with E-state index in [1.807, 2.05) is 39.1 Å². The van der Waals surface area contributed by atoms with Gasteiger partial charge >= 0.3 is 6.18 Å². The van der Waals surface area contributed by atoms with Crippen LogP contribution >= 0.6 is 22.9 Å². The summed E-state index contributed by atoms with van der Waals surface area (Å²) in [7, 11) is 0. The molecule has 204 valence electrons. The van der Waals surface area contributed by atoms with E-state index in [2.05, 4.69) is 10.4 Å². The Bertz CT molecular complexity index is 1420. The Balaban J connectivity index is 0.000000786. The molecule has 0 amide bonds. The van der Waals surface area contributed by atoms with E-state index < -0.39 is 11.7 Å². The van der Waals surface area contributed by atoms with Gasteiger partial charge in [0.25, 0.3) is 0 Å². The van der Waals surface area contributed by atoms with Crippen LogP contribution in [0.2, 0.25) is 5.02 Å². The fraction of sp³-hybridized carbons (Fsp3) is 0.429. The number of nitrogens with one attached hydrogen (secondary N) is 1. The Morgan fingerprint density at radius 1 is 1.21 bits per heavy atom. The maximum atomic E-state index is 13.5. The van der Waals surface area contributed by atoms with Gasteiger partial charge in [0.1, 0.15) is 5.82 Å². The number of carbonyl (C=O) groups is 1. The van der Waals surface area contributed by atoms with Gasteiger partial charge in [-0.05, 0) is 74.7 Å². The van der Waals surface area contributed by atoms with Crippen LogP contribution in [-0.4, -0.2) is 26.8 Å². The monoisotopic (exact) mass is 565 g/mol. The molecule has 3 heterocycles. The van der Waals surface area contributed by atoms with Gasteiger partial charge in [0, 0.05) is 34.2 Å². The molecule has 0 saturated carbocycles. The number of aryl methyl sites for hydroxylation is 2. The van der Waals surface area contributed by atoms with Crippen LogP contribution in [0.1, 0.15) is 73.7 Å². The Kier molecular flexibility index (Phi) is 7.60. The molecule has 1 aromatic carbocycles. The number of thiophene rings is 1. The Labute approximate surface area is 229 Å². The minimum absolute atomic E-state index is 0.0893. The molecule has 2 N–H and O–H groups in total. The van der Waals surface area contributed by atoms with Crippen molar-refractivity contribution >= 4 is 34.5 Å². The van der Waals surface area contributed by atoms with Gasteiger partial charge in [-0.2, -0.15) is 18.3 Å². The molecule has 10 heteroatoms. The van der Waals surface area contributed by atoms with Crippen molar-refractivity contribution in [3.63, 3.8) is 0 Å².